The van der Waals surface area contributed by atoms with Gasteiger partial charge in [0.2, 0.25) is 0 Å². The Morgan fingerprint density at radius 3 is 2.74 bits per heavy atom. The van der Waals surface area contributed by atoms with Crippen molar-refractivity contribution < 1.29 is 18.7 Å². The summed E-state index contributed by atoms with van der Waals surface area (Å²) in [5.74, 6) is 2.27. The Labute approximate surface area is 309 Å². The van der Waals surface area contributed by atoms with Crippen molar-refractivity contribution in [2.24, 2.45) is 10.7 Å². The summed E-state index contributed by atoms with van der Waals surface area (Å²) < 4.78 is 24.8. The van der Waals surface area contributed by atoms with Gasteiger partial charge in [0.25, 0.3) is 5.91 Å². The maximum absolute atomic E-state index is 13.0. The zero-order valence-corrected chi connectivity index (χ0v) is 31.6. The van der Waals surface area contributed by atoms with E-state index in [2.05, 4.69) is 29.7 Å². The third-order valence-electron chi connectivity index (χ3n) is 10.4. The number of carbonyl (C=O) groups excluding carboxylic acids is 1. The number of fused-ring (bicyclic) bond motifs is 2. The van der Waals surface area contributed by atoms with Crippen LogP contribution in [0.4, 0.5) is 10.2 Å². The van der Waals surface area contributed by atoms with Gasteiger partial charge in [-0.1, -0.05) is 42.3 Å². The van der Waals surface area contributed by atoms with Crippen molar-refractivity contribution in [1.29, 1.82) is 0 Å². The molecule has 5 aliphatic rings. The number of carbonyl (C=O) groups is 1. The Balaban J connectivity index is 0.000000367. The van der Waals surface area contributed by atoms with Crippen LogP contribution in [0.15, 0.2) is 33.9 Å². The molecule has 0 bridgehead atoms. The molecule has 0 aliphatic carbocycles. The van der Waals surface area contributed by atoms with Gasteiger partial charge in [-0.05, 0) is 62.8 Å². The van der Waals surface area contributed by atoms with Gasteiger partial charge in [0, 0.05) is 66.8 Å². The Morgan fingerprint density at radius 2 is 2.00 bits per heavy atom. The summed E-state index contributed by atoms with van der Waals surface area (Å²) in [5, 5.41) is 0.947. The fourth-order valence-electron chi connectivity index (χ4n) is 7.73. The predicted octanol–water partition coefficient (Wildman–Crippen LogP) is 5.73. The Kier molecular flexibility index (Phi) is 12.1. The first-order valence-electron chi connectivity index (χ1n) is 17.6. The van der Waals surface area contributed by atoms with E-state index in [4.69, 9.17) is 53.4 Å². The van der Waals surface area contributed by atoms with Gasteiger partial charge in [0.05, 0.1) is 42.8 Å². The van der Waals surface area contributed by atoms with E-state index in [0.29, 0.717) is 64.0 Å². The number of alkyl halides is 1. The lowest BCUT2D eigenvalue weighted by Crippen LogP contribution is -2.41. The zero-order valence-electron chi connectivity index (χ0n) is 29.2. The van der Waals surface area contributed by atoms with E-state index in [0.717, 1.165) is 70.5 Å². The molecule has 0 spiro atoms. The Bertz CT molecular complexity index is 1620. The van der Waals surface area contributed by atoms with Crippen molar-refractivity contribution in [2.45, 2.75) is 76.8 Å². The SMILES string of the molecule is CC12CCCN1CC(F)C2.CCc1c(Cl)cccc1C1Cc2nc(OC)nc(N3CCCN=C(/C(Cl)=C(\N)C(=O)N4CCSCC4)C3)c2CO1. The van der Waals surface area contributed by atoms with E-state index in [-0.39, 0.29) is 28.3 Å². The molecule has 3 saturated heterocycles. The maximum Gasteiger partial charge on any atom is 0.318 e. The molecule has 10 nitrogen and oxygen atoms in total. The number of anilines is 1. The molecule has 0 saturated carbocycles. The number of hydrogen-bond acceptors (Lipinski definition) is 10. The van der Waals surface area contributed by atoms with Crippen LogP contribution in [-0.2, 0) is 29.0 Å². The zero-order chi connectivity index (χ0) is 35.4. The van der Waals surface area contributed by atoms with Crippen molar-refractivity contribution in [3.8, 4) is 6.01 Å². The Morgan fingerprint density at radius 1 is 1.20 bits per heavy atom. The molecule has 0 radical (unpaired) electrons. The number of hydrogen-bond donors (Lipinski definition) is 1. The molecule has 6 heterocycles. The van der Waals surface area contributed by atoms with Crippen LogP contribution >= 0.6 is 35.0 Å². The van der Waals surface area contributed by atoms with Crippen molar-refractivity contribution in [3.05, 3.63) is 56.3 Å². The quantitative estimate of drug-likeness (QED) is 0.371. The summed E-state index contributed by atoms with van der Waals surface area (Å²) in [7, 11) is 1.56. The van der Waals surface area contributed by atoms with Gasteiger partial charge in [0.15, 0.2) is 0 Å². The molecule has 2 aromatic rings. The van der Waals surface area contributed by atoms with Crippen molar-refractivity contribution in [3.63, 3.8) is 0 Å². The van der Waals surface area contributed by atoms with Gasteiger partial charge in [-0.3, -0.25) is 14.7 Å². The number of nitrogens with zero attached hydrogens (tertiary/aromatic N) is 6. The molecule has 14 heteroatoms. The lowest BCUT2D eigenvalue weighted by Gasteiger charge is -2.31. The van der Waals surface area contributed by atoms with Crippen LogP contribution in [0.1, 0.15) is 68.0 Å². The standard InChI is InChI=1S/C28H34Cl2N6O3S.C8H14FN/c1-3-17-18(6-4-7-20(17)29)23-14-21-19(16-39-23)26(34-28(33-21)38-2)36-9-5-8-32-22(15-36)24(30)25(31)27(37)35-10-12-40-13-11-35;1-8-3-2-4-10(8)6-7(9)5-8/h4,6-7,23H,3,5,8-16,31H2,1-2H3;7H,2-6H2,1H3/b25-24+;. The van der Waals surface area contributed by atoms with Crippen LogP contribution in [0.25, 0.3) is 0 Å². The molecule has 3 fully saturated rings. The van der Waals surface area contributed by atoms with Crippen molar-refractivity contribution in [2.75, 3.05) is 69.3 Å². The van der Waals surface area contributed by atoms with Crippen LogP contribution in [0.5, 0.6) is 6.01 Å². The van der Waals surface area contributed by atoms with Crippen LogP contribution < -0.4 is 15.4 Å². The molecule has 272 valence electrons. The predicted molar refractivity (Wildman–Crippen MR) is 199 cm³/mol. The maximum atomic E-state index is 13.0. The molecule has 1 aromatic heterocycles. The molecule has 5 aliphatic heterocycles. The second kappa shape index (κ2) is 16.4. The topological polar surface area (TPSA) is 109 Å². The average Bonchev–Trinajstić information content (AvgIpc) is 3.49. The van der Waals surface area contributed by atoms with E-state index < -0.39 is 6.17 Å². The normalized spacial score (nSPS) is 25.8. The Hall–Kier alpha value is -2.64. The summed E-state index contributed by atoms with van der Waals surface area (Å²) >= 11 is 15.1. The molecule has 50 heavy (non-hydrogen) atoms. The third kappa shape index (κ3) is 8.04. The number of thioether (sulfide) groups is 1. The van der Waals surface area contributed by atoms with E-state index in [9.17, 15) is 9.18 Å². The lowest BCUT2D eigenvalue weighted by molar-refractivity contribution is -0.126. The van der Waals surface area contributed by atoms with E-state index in [1.807, 2.05) is 23.9 Å². The number of nitrogens with two attached hydrogens (primary N) is 1. The molecule has 3 unspecified atom stereocenters. The first kappa shape index (κ1) is 37.1. The van der Waals surface area contributed by atoms with Crippen molar-refractivity contribution >= 4 is 52.4 Å². The average molecular weight is 749 g/mol. The van der Waals surface area contributed by atoms with E-state index in [1.54, 1.807) is 12.0 Å². The van der Waals surface area contributed by atoms with Gasteiger partial charge < -0.3 is 25.0 Å². The number of amides is 1. The highest BCUT2D eigenvalue weighted by molar-refractivity contribution is 7.99. The second-order valence-electron chi connectivity index (χ2n) is 13.7. The molecule has 7 rings (SSSR count). The van der Waals surface area contributed by atoms with E-state index >= 15 is 0 Å². The summed E-state index contributed by atoms with van der Waals surface area (Å²) in [6, 6.07) is 6.23. The largest absolute Gasteiger partial charge is 0.467 e. The number of aliphatic imine (C=N–C) groups is 1. The number of halogens is 3. The van der Waals surface area contributed by atoms with Gasteiger partial charge >= 0.3 is 6.01 Å². The highest BCUT2D eigenvalue weighted by Gasteiger charge is 2.44. The summed E-state index contributed by atoms with van der Waals surface area (Å²) in [5.41, 5.74) is 11.1. The van der Waals surface area contributed by atoms with E-state index in [1.165, 1.54) is 12.8 Å². The number of ether oxygens (including phenoxy) is 2. The minimum Gasteiger partial charge on any atom is -0.467 e. The minimum absolute atomic E-state index is 0.0379. The molecule has 3 atom stereocenters. The molecule has 1 amide bonds. The summed E-state index contributed by atoms with van der Waals surface area (Å²) in [6.45, 7) is 9.38. The molecule has 1 aromatic carbocycles. The summed E-state index contributed by atoms with van der Waals surface area (Å²) in [4.78, 5) is 33.3. The smallest absolute Gasteiger partial charge is 0.318 e. The second-order valence-corrected chi connectivity index (χ2v) is 15.7. The third-order valence-corrected chi connectivity index (χ3v) is 12.1. The van der Waals surface area contributed by atoms with Crippen LogP contribution in [0, 0.1) is 0 Å². The van der Waals surface area contributed by atoms with Gasteiger partial charge in [0.1, 0.15) is 17.7 Å². The highest BCUT2D eigenvalue weighted by atomic mass is 35.5. The number of benzene rings is 1. The van der Waals surface area contributed by atoms with Crippen LogP contribution in [-0.4, -0.2) is 108 Å². The fraction of sp³-hybridized carbons (Fsp3) is 0.611. The minimum atomic E-state index is -0.551. The van der Waals surface area contributed by atoms with Crippen LogP contribution in [0.2, 0.25) is 5.02 Å². The highest BCUT2D eigenvalue weighted by Crippen LogP contribution is 2.40. The lowest BCUT2D eigenvalue weighted by atomic mass is 9.94. The first-order valence-corrected chi connectivity index (χ1v) is 19.6. The number of aromatic nitrogens is 2. The monoisotopic (exact) mass is 747 g/mol. The number of rotatable bonds is 6. The fourth-order valence-corrected chi connectivity index (χ4v) is 9.15. The van der Waals surface area contributed by atoms with Gasteiger partial charge in [-0.25, -0.2) is 4.39 Å². The number of methoxy groups -OCH3 is 1. The van der Waals surface area contributed by atoms with Gasteiger partial charge in [-0.15, -0.1) is 0 Å². The first-order chi connectivity index (χ1) is 24.1. The molecular weight excluding hydrogens is 700 g/mol. The summed E-state index contributed by atoms with van der Waals surface area (Å²) in [6.07, 6.45) is 4.68. The molecule has 2 N–H and O–H groups in total. The molecular formula is C36H48Cl2FN7O3S. The van der Waals surface area contributed by atoms with Crippen LogP contribution in [0.3, 0.4) is 0 Å². The van der Waals surface area contributed by atoms with Crippen molar-refractivity contribution in [1.82, 2.24) is 19.8 Å². The van der Waals surface area contributed by atoms with Gasteiger partial charge in [-0.2, -0.15) is 21.7 Å².